The van der Waals surface area contributed by atoms with Crippen LogP contribution < -0.4 is 20.1 Å². The number of hydrogen-bond donors (Lipinski definition) is 2. The van der Waals surface area contributed by atoms with Gasteiger partial charge in [-0.05, 0) is 81.2 Å². The predicted molar refractivity (Wildman–Crippen MR) is 266 cm³/mol. The molecule has 4 aromatic heterocycles. The second-order valence-electron chi connectivity index (χ2n) is 19.1. The number of nitrogens with one attached hydrogen (secondary N) is 2. The number of pyridine rings is 1. The van der Waals surface area contributed by atoms with Crippen LogP contribution in [0.25, 0.3) is 21.1 Å². The number of carbonyl (C=O) groups excluding carboxylic acids is 4. The van der Waals surface area contributed by atoms with E-state index >= 15 is 0 Å². The highest BCUT2D eigenvalue weighted by Crippen LogP contribution is 2.33. The Morgan fingerprint density at radius 2 is 1.68 bits per heavy atom. The van der Waals surface area contributed by atoms with Crippen LogP contribution in [0, 0.1) is 17.6 Å². The molecule has 0 radical (unpaired) electrons. The first-order chi connectivity index (χ1) is 34.8. The molecule has 390 valence electrons. The Morgan fingerprint density at radius 1 is 0.944 bits per heavy atom. The van der Waals surface area contributed by atoms with Crippen LogP contribution in [0.15, 0.2) is 46.4 Å². The molecule has 72 heavy (non-hydrogen) atoms. The van der Waals surface area contributed by atoms with Gasteiger partial charge in [0.25, 0.3) is 17.7 Å². The average molecular weight is 1020 g/mol. The number of likely N-dealkylation sites (N-methyl/N-ethyl adjacent to an activating group) is 2. The lowest BCUT2D eigenvalue weighted by Crippen LogP contribution is -2.62. The van der Waals surface area contributed by atoms with Gasteiger partial charge in [0.15, 0.2) is 17.4 Å². The number of piperidine rings is 1. The lowest BCUT2D eigenvalue weighted by atomic mass is 9.83. The van der Waals surface area contributed by atoms with Crippen molar-refractivity contribution in [3.63, 3.8) is 0 Å². The van der Waals surface area contributed by atoms with Crippen molar-refractivity contribution in [2.24, 2.45) is 13.0 Å². The third-order valence-electron chi connectivity index (χ3n) is 14.2. The van der Waals surface area contributed by atoms with Crippen LogP contribution in [0.1, 0.15) is 85.4 Å². The molecular weight excluding hydrogens is 953 g/mol. The summed E-state index contributed by atoms with van der Waals surface area (Å²) in [5.41, 5.74) is 1.06. The average Bonchev–Trinajstić information content (AvgIpc) is 4.13. The van der Waals surface area contributed by atoms with Crippen molar-refractivity contribution in [2.75, 3.05) is 86.4 Å². The zero-order chi connectivity index (χ0) is 50.9. The number of carbonyl (C=O) groups is 4. The summed E-state index contributed by atoms with van der Waals surface area (Å²) in [5, 5.41) is 12.1. The summed E-state index contributed by atoms with van der Waals surface area (Å²) in [6, 6.07) is 6.06. The van der Waals surface area contributed by atoms with Crippen molar-refractivity contribution < 1.29 is 51.4 Å². The lowest BCUT2D eigenvalue weighted by Gasteiger charge is -2.43. The predicted octanol–water partition coefficient (Wildman–Crippen LogP) is 5.63. The monoisotopic (exact) mass is 1020 g/mol. The van der Waals surface area contributed by atoms with Gasteiger partial charge in [0.2, 0.25) is 11.8 Å². The molecule has 0 unspecified atom stereocenters. The molecule has 0 bridgehead atoms. The molecular formula is C51H67F2N9O9S. The van der Waals surface area contributed by atoms with Crippen LogP contribution in [0.5, 0.6) is 11.6 Å². The number of likely N-dealkylation sites (tertiary alicyclic amines) is 1. The number of nitrogens with zero attached hydrogens (tertiary/aromatic N) is 7. The van der Waals surface area contributed by atoms with Crippen LogP contribution in [0.4, 0.5) is 8.78 Å². The Balaban J connectivity index is 0.777. The summed E-state index contributed by atoms with van der Waals surface area (Å²) in [4.78, 5) is 67.4. The van der Waals surface area contributed by atoms with Crippen molar-refractivity contribution in [3.05, 3.63) is 70.6 Å². The first-order valence-corrected chi connectivity index (χ1v) is 25.9. The zero-order valence-electron chi connectivity index (χ0n) is 41.8. The van der Waals surface area contributed by atoms with E-state index in [4.69, 9.17) is 23.5 Å². The summed E-state index contributed by atoms with van der Waals surface area (Å²) in [6.07, 6.45) is 8.45. The van der Waals surface area contributed by atoms with Gasteiger partial charge in [0.1, 0.15) is 30.2 Å². The molecule has 18 nitrogen and oxygen atoms in total. The van der Waals surface area contributed by atoms with E-state index in [0.717, 1.165) is 86.1 Å². The fraction of sp³-hybridized carbons (Fsp3) is 0.569. The zero-order valence-corrected chi connectivity index (χ0v) is 42.6. The number of hydrogen-bond acceptors (Lipinski definition) is 14. The fourth-order valence-corrected chi connectivity index (χ4v) is 10.7. The third-order valence-corrected chi connectivity index (χ3v) is 15.1. The SMILES string of the molecule is CN[C@@H](C)C(=O)N[C@H](C(=O)N1CCN(C(=O)c2c(C(=O)N(C)CCOCCOCCOc3cc(CN4CCC(Oc5ccnc6ccsc56)CC4)on3)c3cc(F)c(F)cc3n2C)C[C@H]1C)C1CCCCC1. The Labute approximate surface area is 422 Å². The van der Waals surface area contributed by atoms with Gasteiger partial charge in [-0.25, -0.2) is 8.78 Å². The number of aryl methyl sites for hydroxylation is 1. The fourth-order valence-electron chi connectivity index (χ4n) is 9.94. The highest BCUT2D eigenvalue weighted by Gasteiger charge is 2.40. The van der Waals surface area contributed by atoms with E-state index in [9.17, 15) is 28.0 Å². The summed E-state index contributed by atoms with van der Waals surface area (Å²) in [6.45, 7) is 7.72. The van der Waals surface area contributed by atoms with Crippen molar-refractivity contribution in [1.29, 1.82) is 0 Å². The minimum absolute atomic E-state index is 0.00330. The van der Waals surface area contributed by atoms with Crippen LogP contribution in [0.2, 0.25) is 0 Å². The second kappa shape index (κ2) is 24.3. The van der Waals surface area contributed by atoms with Crippen molar-refractivity contribution in [3.8, 4) is 11.6 Å². The Hall–Kier alpha value is -5.74. The topological polar surface area (TPSA) is 186 Å². The number of aromatic nitrogens is 3. The molecule has 3 aliphatic rings. The van der Waals surface area contributed by atoms with E-state index in [1.807, 2.05) is 24.4 Å². The van der Waals surface area contributed by atoms with Gasteiger partial charge in [-0.1, -0.05) is 19.3 Å². The van der Waals surface area contributed by atoms with Crippen LogP contribution in [-0.4, -0.2) is 169 Å². The van der Waals surface area contributed by atoms with Gasteiger partial charge in [-0.2, -0.15) is 0 Å². The highest BCUT2D eigenvalue weighted by atomic mass is 32.1. The van der Waals surface area contributed by atoms with Gasteiger partial charge in [-0.3, -0.25) is 29.1 Å². The van der Waals surface area contributed by atoms with E-state index < -0.39 is 41.6 Å². The normalized spacial score (nSPS) is 18.1. The molecule has 8 rings (SSSR count). The Bertz CT molecular complexity index is 2660. The highest BCUT2D eigenvalue weighted by molar-refractivity contribution is 7.17. The molecule has 0 spiro atoms. The van der Waals surface area contributed by atoms with Gasteiger partial charge in [0.05, 0.1) is 60.3 Å². The lowest BCUT2D eigenvalue weighted by molar-refractivity contribution is -0.142. The quantitative estimate of drug-likeness (QED) is 0.0864. The molecule has 21 heteroatoms. The molecule has 3 atom stereocenters. The maximum absolute atomic E-state index is 14.8. The first-order valence-electron chi connectivity index (χ1n) is 25.1. The molecule has 1 aromatic carbocycles. The number of amides is 4. The number of thiophene rings is 1. The van der Waals surface area contributed by atoms with Crippen molar-refractivity contribution >= 4 is 56.1 Å². The van der Waals surface area contributed by atoms with E-state index in [0.29, 0.717) is 18.2 Å². The minimum atomic E-state index is -1.15. The van der Waals surface area contributed by atoms with Crippen LogP contribution in [-0.2, 0) is 32.7 Å². The van der Waals surface area contributed by atoms with E-state index in [1.54, 1.807) is 61.5 Å². The van der Waals surface area contributed by atoms with Crippen LogP contribution in [0.3, 0.4) is 0 Å². The Kier molecular flexibility index (Phi) is 17.8. The smallest absolute Gasteiger partial charge is 0.271 e. The van der Waals surface area contributed by atoms with Crippen molar-refractivity contribution in [1.82, 2.24) is 44.9 Å². The summed E-state index contributed by atoms with van der Waals surface area (Å²) in [5.74, 6) is -1.79. The maximum Gasteiger partial charge on any atom is 0.271 e. The van der Waals surface area contributed by atoms with E-state index in [2.05, 4.69) is 25.7 Å². The second-order valence-corrected chi connectivity index (χ2v) is 20.0. The molecule has 2 aliphatic heterocycles. The summed E-state index contributed by atoms with van der Waals surface area (Å²) < 4.78 is 61.1. The number of rotatable bonds is 21. The standard InChI is InChI=1S/C51H67F2N9O9S/c1-32-30-61(18-19-62(32)50(65)45(34-9-7-6-8-10-34)56-48(63)33(2)54-3)51(66)46-44(37-28-38(52)39(53)29-41(37)59(46)5)49(64)58(4)20-21-67-22-23-68-24-25-69-43-27-36(71-57-43)31-60-16-12-35(13-17-60)70-42-11-15-55-40-14-26-72-47(40)42/h11,14-15,26-29,32-35,45,54H,6-10,12-13,16-25,30-31H2,1-5H3,(H,56,63)/t32-,33+,45+/m1/s1. The maximum atomic E-state index is 14.8. The van der Waals surface area contributed by atoms with Crippen molar-refractivity contribution in [2.45, 2.75) is 89.6 Å². The molecule has 2 N–H and O–H groups in total. The molecule has 1 aliphatic carbocycles. The third kappa shape index (κ3) is 12.4. The number of halogens is 2. The number of benzene rings is 1. The van der Waals surface area contributed by atoms with Gasteiger partial charge in [-0.15, -0.1) is 11.3 Å². The molecule has 5 aromatic rings. The van der Waals surface area contributed by atoms with Gasteiger partial charge in [0, 0.05) is 83.1 Å². The van der Waals surface area contributed by atoms with Gasteiger partial charge >= 0.3 is 0 Å². The number of ether oxygens (including phenoxy) is 4. The molecule has 6 heterocycles. The van der Waals surface area contributed by atoms with Crippen LogP contribution >= 0.6 is 11.3 Å². The summed E-state index contributed by atoms with van der Waals surface area (Å²) >= 11 is 1.64. The molecule has 2 saturated heterocycles. The summed E-state index contributed by atoms with van der Waals surface area (Å²) in [7, 11) is 4.79. The van der Waals surface area contributed by atoms with Gasteiger partial charge < -0.3 is 53.4 Å². The Morgan fingerprint density at radius 3 is 2.43 bits per heavy atom. The number of piperazine rings is 1. The van der Waals surface area contributed by atoms with E-state index in [-0.39, 0.29) is 105 Å². The minimum Gasteiger partial charge on any atom is -0.489 e. The largest absolute Gasteiger partial charge is 0.489 e. The first kappa shape index (κ1) is 52.6. The molecule has 3 fully saturated rings. The molecule has 4 amide bonds. The van der Waals surface area contributed by atoms with E-state index in [1.165, 1.54) is 9.47 Å². The molecule has 1 saturated carbocycles. The number of fused-ring (bicyclic) bond motifs is 2.